The predicted octanol–water partition coefficient (Wildman–Crippen LogP) is 0.213. The van der Waals surface area contributed by atoms with Crippen molar-refractivity contribution in [3.63, 3.8) is 0 Å². The predicted molar refractivity (Wildman–Crippen MR) is 47.5 cm³/mol. The Morgan fingerprint density at radius 2 is 2.31 bits per heavy atom. The lowest BCUT2D eigenvalue weighted by molar-refractivity contribution is 0.0692. The van der Waals surface area contributed by atoms with Crippen LogP contribution in [0.25, 0.3) is 0 Å². The maximum Gasteiger partial charge on any atom is 0.357 e. The fourth-order valence-corrected chi connectivity index (χ4v) is 2.23. The zero-order valence-electron chi connectivity index (χ0n) is 6.51. The number of thiazole rings is 1. The van der Waals surface area contributed by atoms with Crippen molar-refractivity contribution in [1.82, 2.24) is 4.98 Å². The van der Waals surface area contributed by atoms with Gasteiger partial charge in [-0.25, -0.2) is 18.2 Å². The van der Waals surface area contributed by atoms with Gasteiger partial charge >= 0.3 is 5.97 Å². The van der Waals surface area contributed by atoms with E-state index in [0.717, 1.165) is 17.6 Å². The van der Waals surface area contributed by atoms with Crippen LogP contribution in [0, 0.1) is 0 Å². The molecule has 0 spiro atoms. The van der Waals surface area contributed by atoms with E-state index in [4.69, 9.17) is 5.11 Å². The molecule has 0 radical (unpaired) electrons. The summed E-state index contributed by atoms with van der Waals surface area (Å²) in [6, 6.07) is 0. The van der Waals surface area contributed by atoms with Crippen LogP contribution in [0.1, 0.15) is 10.5 Å². The lowest BCUT2D eigenvalue weighted by Crippen LogP contribution is -2.11. The number of carbonyl (C=O) groups is 1. The molecule has 1 rings (SSSR count). The van der Waals surface area contributed by atoms with Gasteiger partial charge in [-0.05, 0) is 0 Å². The highest BCUT2D eigenvalue weighted by molar-refractivity contribution is 7.92. The number of rotatable bonds is 3. The molecule has 13 heavy (non-hydrogen) atoms. The minimum absolute atomic E-state index is 0.0231. The van der Waals surface area contributed by atoms with Crippen molar-refractivity contribution in [2.24, 2.45) is 0 Å². The molecule has 0 bridgehead atoms. The van der Waals surface area contributed by atoms with Gasteiger partial charge in [0, 0.05) is 0 Å². The number of aromatic nitrogens is 1. The van der Waals surface area contributed by atoms with Crippen LogP contribution in [0.5, 0.6) is 0 Å². The number of hydrogen-bond acceptors (Lipinski definition) is 5. The SMILES string of the molecule is CS(=O)(=O)Nc1scnc1C(=O)O. The molecule has 8 heteroatoms. The summed E-state index contributed by atoms with van der Waals surface area (Å²) in [5, 5.41) is 8.58. The molecule has 0 fully saturated rings. The smallest absolute Gasteiger partial charge is 0.357 e. The molecule has 6 nitrogen and oxygen atoms in total. The van der Waals surface area contributed by atoms with Gasteiger partial charge in [-0.1, -0.05) is 0 Å². The summed E-state index contributed by atoms with van der Waals surface area (Å²) in [5.41, 5.74) is 0.979. The summed E-state index contributed by atoms with van der Waals surface area (Å²) in [4.78, 5) is 14.0. The van der Waals surface area contributed by atoms with Gasteiger partial charge < -0.3 is 5.11 Å². The zero-order valence-corrected chi connectivity index (χ0v) is 8.15. The summed E-state index contributed by atoms with van der Waals surface area (Å²) in [6.45, 7) is 0. The number of anilines is 1. The lowest BCUT2D eigenvalue weighted by Gasteiger charge is -1.99. The van der Waals surface area contributed by atoms with E-state index < -0.39 is 16.0 Å². The van der Waals surface area contributed by atoms with E-state index in [1.54, 1.807) is 0 Å². The summed E-state index contributed by atoms with van der Waals surface area (Å²) in [6.07, 6.45) is 0.943. The van der Waals surface area contributed by atoms with E-state index in [9.17, 15) is 13.2 Å². The Morgan fingerprint density at radius 3 is 2.77 bits per heavy atom. The molecule has 1 aromatic rings. The van der Waals surface area contributed by atoms with Crippen molar-refractivity contribution in [2.75, 3.05) is 11.0 Å². The normalized spacial score (nSPS) is 11.2. The first-order chi connectivity index (χ1) is 5.90. The minimum atomic E-state index is -3.45. The van der Waals surface area contributed by atoms with Gasteiger partial charge in [-0.2, -0.15) is 0 Å². The maximum absolute atomic E-state index is 10.7. The summed E-state index contributed by atoms with van der Waals surface area (Å²) >= 11 is 0.923. The molecule has 0 saturated carbocycles. The van der Waals surface area contributed by atoms with Crippen molar-refractivity contribution in [3.8, 4) is 0 Å². The molecule has 0 saturated heterocycles. The molecule has 0 atom stereocenters. The second kappa shape index (κ2) is 3.30. The summed E-state index contributed by atoms with van der Waals surface area (Å²) < 4.78 is 23.6. The van der Waals surface area contributed by atoms with Crippen molar-refractivity contribution in [3.05, 3.63) is 11.2 Å². The van der Waals surface area contributed by atoms with Crippen LogP contribution in [0.3, 0.4) is 0 Å². The molecule has 0 aliphatic heterocycles. The van der Waals surface area contributed by atoms with Gasteiger partial charge in [0.25, 0.3) is 0 Å². The van der Waals surface area contributed by atoms with E-state index in [1.807, 2.05) is 0 Å². The van der Waals surface area contributed by atoms with Crippen molar-refractivity contribution >= 4 is 32.3 Å². The summed E-state index contributed by atoms with van der Waals surface area (Å²) in [7, 11) is -3.45. The molecule has 1 aromatic heterocycles. The topological polar surface area (TPSA) is 96.4 Å². The number of nitrogens with one attached hydrogen (secondary N) is 1. The average Bonchev–Trinajstić information content (AvgIpc) is 2.31. The third-order valence-corrected chi connectivity index (χ3v) is 2.49. The van der Waals surface area contributed by atoms with Gasteiger partial charge in [0.15, 0.2) is 5.69 Å². The molecule has 0 aromatic carbocycles. The number of carboxylic acids is 1. The van der Waals surface area contributed by atoms with E-state index in [0.29, 0.717) is 0 Å². The third kappa shape index (κ3) is 2.67. The first kappa shape index (κ1) is 9.93. The first-order valence-corrected chi connectivity index (χ1v) is 5.82. The van der Waals surface area contributed by atoms with Crippen molar-refractivity contribution < 1.29 is 18.3 Å². The highest BCUT2D eigenvalue weighted by atomic mass is 32.2. The number of aromatic carboxylic acids is 1. The highest BCUT2D eigenvalue weighted by Crippen LogP contribution is 2.20. The largest absolute Gasteiger partial charge is 0.476 e. The Labute approximate surface area is 78.3 Å². The van der Waals surface area contributed by atoms with E-state index in [1.165, 1.54) is 5.51 Å². The Kier molecular flexibility index (Phi) is 2.52. The number of sulfonamides is 1. The van der Waals surface area contributed by atoms with Crippen LogP contribution in [0.4, 0.5) is 5.00 Å². The monoisotopic (exact) mass is 222 g/mol. The Hall–Kier alpha value is -1.15. The van der Waals surface area contributed by atoms with E-state index in [-0.39, 0.29) is 10.7 Å². The van der Waals surface area contributed by atoms with Crippen LogP contribution in [-0.4, -0.2) is 30.7 Å². The maximum atomic E-state index is 10.7. The standard InChI is InChI=1S/C5H6N2O4S2/c1-13(10,11)7-4-3(5(8)9)6-2-12-4/h2,7H,1H3,(H,8,9). The molecule has 0 aliphatic carbocycles. The average molecular weight is 222 g/mol. The van der Waals surface area contributed by atoms with Gasteiger partial charge in [-0.15, -0.1) is 11.3 Å². The molecule has 0 unspecified atom stereocenters. The molecule has 0 amide bonds. The fraction of sp³-hybridized carbons (Fsp3) is 0.200. The first-order valence-electron chi connectivity index (χ1n) is 3.05. The fourth-order valence-electron chi connectivity index (χ4n) is 0.639. The summed E-state index contributed by atoms with van der Waals surface area (Å²) in [5.74, 6) is -1.26. The Morgan fingerprint density at radius 1 is 1.69 bits per heavy atom. The second-order valence-electron chi connectivity index (χ2n) is 2.21. The Balaban J connectivity index is 3.02. The van der Waals surface area contributed by atoms with Gasteiger partial charge in [-0.3, -0.25) is 4.72 Å². The van der Waals surface area contributed by atoms with Gasteiger partial charge in [0.2, 0.25) is 10.0 Å². The number of hydrogen-bond donors (Lipinski definition) is 2. The van der Waals surface area contributed by atoms with Crippen LogP contribution in [0.15, 0.2) is 5.51 Å². The van der Waals surface area contributed by atoms with Gasteiger partial charge in [0.1, 0.15) is 5.00 Å². The number of nitrogens with zero attached hydrogens (tertiary/aromatic N) is 1. The van der Waals surface area contributed by atoms with Gasteiger partial charge in [0.05, 0.1) is 11.8 Å². The second-order valence-corrected chi connectivity index (χ2v) is 4.81. The Bertz CT molecular complexity index is 421. The van der Waals surface area contributed by atoms with Crippen LogP contribution >= 0.6 is 11.3 Å². The van der Waals surface area contributed by atoms with Crippen molar-refractivity contribution in [1.29, 1.82) is 0 Å². The molecular weight excluding hydrogens is 216 g/mol. The third-order valence-electron chi connectivity index (χ3n) is 1.05. The highest BCUT2D eigenvalue weighted by Gasteiger charge is 2.15. The molecule has 2 N–H and O–H groups in total. The zero-order chi connectivity index (χ0) is 10.1. The quantitative estimate of drug-likeness (QED) is 0.762. The minimum Gasteiger partial charge on any atom is -0.476 e. The molecule has 1 heterocycles. The van der Waals surface area contributed by atoms with Crippen LogP contribution < -0.4 is 4.72 Å². The molecule has 72 valence electrons. The van der Waals surface area contributed by atoms with E-state index >= 15 is 0 Å². The molecule has 0 aliphatic rings. The van der Waals surface area contributed by atoms with Crippen LogP contribution in [0.2, 0.25) is 0 Å². The van der Waals surface area contributed by atoms with E-state index in [2.05, 4.69) is 9.71 Å². The van der Waals surface area contributed by atoms with Crippen molar-refractivity contribution in [2.45, 2.75) is 0 Å². The molecular formula is C5H6N2O4S2. The van der Waals surface area contributed by atoms with Crippen LogP contribution in [-0.2, 0) is 10.0 Å². The number of carboxylic acid groups (broad SMARTS) is 1. The lowest BCUT2D eigenvalue weighted by atomic mass is 10.5.